The highest BCUT2D eigenvalue weighted by Gasteiger charge is 2.23. The Hall–Kier alpha value is -1.27. The molecule has 1 unspecified atom stereocenters. The van der Waals surface area contributed by atoms with Crippen molar-refractivity contribution in [2.45, 2.75) is 13.0 Å². The van der Waals surface area contributed by atoms with E-state index in [1.807, 2.05) is 18.2 Å². The van der Waals surface area contributed by atoms with Crippen molar-refractivity contribution in [2.75, 3.05) is 31.6 Å². The van der Waals surface area contributed by atoms with Gasteiger partial charge in [0.15, 0.2) is 5.84 Å². The van der Waals surface area contributed by atoms with Crippen LogP contribution in [0.3, 0.4) is 0 Å². The van der Waals surface area contributed by atoms with Crippen LogP contribution in [0.5, 0.6) is 0 Å². The van der Waals surface area contributed by atoms with E-state index in [-0.39, 0.29) is 5.84 Å². The predicted molar refractivity (Wildman–Crippen MR) is 81.0 cm³/mol. The largest absolute Gasteiger partial charge is 0.409 e. The highest BCUT2D eigenvalue weighted by Crippen LogP contribution is 2.26. The first-order valence-corrected chi connectivity index (χ1v) is 7.05. The van der Waals surface area contributed by atoms with Crippen LogP contribution in [0.4, 0.5) is 5.69 Å². The summed E-state index contributed by atoms with van der Waals surface area (Å²) in [5, 5.41) is 12.0. The maximum absolute atomic E-state index is 8.92. The van der Waals surface area contributed by atoms with E-state index in [2.05, 4.69) is 44.9 Å². The lowest BCUT2D eigenvalue weighted by Crippen LogP contribution is -2.50. The van der Waals surface area contributed by atoms with E-state index >= 15 is 0 Å². The van der Waals surface area contributed by atoms with Gasteiger partial charge in [0.05, 0.1) is 0 Å². The monoisotopic (exact) mass is 326 g/mol. The third kappa shape index (κ3) is 3.01. The van der Waals surface area contributed by atoms with Crippen LogP contribution in [-0.2, 0) is 0 Å². The summed E-state index contributed by atoms with van der Waals surface area (Å²) in [6.45, 7) is 5.08. The summed E-state index contributed by atoms with van der Waals surface area (Å²) in [6, 6.07) is 6.35. The molecule has 0 bridgehead atoms. The van der Waals surface area contributed by atoms with Gasteiger partial charge in [-0.15, -0.1) is 0 Å². The second-order valence-electron chi connectivity index (χ2n) is 4.92. The molecule has 1 heterocycles. The second-order valence-corrected chi connectivity index (χ2v) is 5.84. The molecule has 1 aliphatic heterocycles. The number of piperazine rings is 1. The van der Waals surface area contributed by atoms with Crippen molar-refractivity contribution in [3.05, 3.63) is 28.2 Å². The van der Waals surface area contributed by atoms with Crippen LogP contribution in [0.1, 0.15) is 12.5 Å². The molecule has 1 saturated heterocycles. The van der Waals surface area contributed by atoms with Crippen molar-refractivity contribution in [3.8, 4) is 0 Å². The molecule has 1 atom stereocenters. The Morgan fingerprint density at radius 1 is 1.47 bits per heavy atom. The van der Waals surface area contributed by atoms with Crippen LogP contribution >= 0.6 is 15.9 Å². The lowest BCUT2D eigenvalue weighted by atomic mass is 10.1. The second kappa shape index (κ2) is 5.79. The Bertz CT molecular complexity index is 492. The van der Waals surface area contributed by atoms with E-state index in [0.717, 1.165) is 35.4 Å². The minimum atomic E-state index is 0.142. The zero-order valence-electron chi connectivity index (χ0n) is 11.2. The Labute approximate surface area is 121 Å². The van der Waals surface area contributed by atoms with Gasteiger partial charge in [-0.25, -0.2) is 0 Å². The van der Waals surface area contributed by atoms with E-state index in [9.17, 15) is 0 Å². The Morgan fingerprint density at radius 2 is 2.21 bits per heavy atom. The van der Waals surface area contributed by atoms with E-state index in [4.69, 9.17) is 10.9 Å². The number of halogens is 1. The highest BCUT2D eigenvalue weighted by atomic mass is 79.9. The summed E-state index contributed by atoms with van der Waals surface area (Å²) in [4.78, 5) is 4.61. The molecule has 1 fully saturated rings. The van der Waals surface area contributed by atoms with Crippen molar-refractivity contribution in [1.82, 2.24) is 4.90 Å². The number of amidine groups is 1. The Kier molecular flexibility index (Phi) is 4.31. The minimum absolute atomic E-state index is 0.142. The first-order chi connectivity index (χ1) is 9.02. The van der Waals surface area contributed by atoms with E-state index in [1.54, 1.807) is 0 Å². The molecule has 3 N–H and O–H groups in total. The lowest BCUT2D eigenvalue weighted by Gasteiger charge is -2.39. The number of nitrogens with two attached hydrogens (primary N) is 1. The van der Waals surface area contributed by atoms with E-state index < -0.39 is 0 Å². The zero-order chi connectivity index (χ0) is 14.0. The summed E-state index contributed by atoms with van der Waals surface area (Å²) in [5.41, 5.74) is 7.55. The smallest absolute Gasteiger partial charge is 0.172 e. The molecule has 0 saturated carbocycles. The molecular formula is C13H19BrN4O. The summed E-state index contributed by atoms with van der Waals surface area (Å²) in [6.07, 6.45) is 0. The molecule has 0 aromatic heterocycles. The van der Waals surface area contributed by atoms with Gasteiger partial charge in [-0.1, -0.05) is 21.1 Å². The zero-order valence-corrected chi connectivity index (χ0v) is 12.8. The number of likely N-dealkylation sites (N-methyl/N-ethyl adjacent to an activating group) is 1. The lowest BCUT2D eigenvalue weighted by molar-refractivity contribution is 0.234. The van der Waals surface area contributed by atoms with Gasteiger partial charge < -0.3 is 20.7 Å². The topological polar surface area (TPSA) is 65.1 Å². The van der Waals surface area contributed by atoms with Crippen molar-refractivity contribution >= 4 is 27.5 Å². The van der Waals surface area contributed by atoms with Gasteiger partial charge in [0.2, 0.25) is 0 Å². The van der Waals surface area contributed by atoms with Gasteiger partial charge in [-0.3, -0.25) is 0 Å². The first-order valence-electron chi connectivity index (χ1n) is 6.25. The summed E-state index contributed by atoms with van der Waals surface area (Å²) < 4.78 is 0.917. The molecule has 5 nitrogen and oxygen atoms in total. The molecule has 1 aromatic carbocycles. The number of hydrogen-bond acceptors (Lipinski definition) is 4. The van der Waals surface area contributed by atoms with Crippen molar-refractivity contribution in [1.29, 1.82) is 0 Å². The van der Waals surface area contributed by atoms with Crippen LogP contribution in [-0.4, -0.2) is 48.7 Å². The van der Waals surface area contributed by atoms with E-state index in [0.29, 0.717) is 6.04 Å². The fourth-order valence-electron chi connectivity index (χ4n) is 2.31. The van der Waals surface area contributed by atoms with Crippen LogP contribution < -0.4 is 10.6 Å². The molecule has 2 rings (SSSR count). The normalized spacial score (nSPS) is 21.7. The molecule has 104 valence electrons. The molecule has 19 heavy (non-hydrogen) atoms. The van der Waals surface area contributed by atoms with Crippen molar-refractivity contribution < 1.29 is 5.21 Å². The molecule has 0 radical (unpaired) electrons. The molecular weight excluding hydrogens is 308 g/mol. The first kappa shape index (κ1) is 14.1. The summed E-state index contributed by atoms with van der Waals surface area (Å²) >= 11 is 3.42. The molecule has 0 aliphatic carbocycles. The SMILES string of the molecule is CC1CN(c2ccc(Br)cc2/C(N)=N/O)CCN1C. The number of benzene rings is 1. The summed E-state index contributed by atoms with van der Waals surface area (Å²) in [7, 11) is 2.13. The quantitative estimate of drug-likeness (QED) is 0.375. The van der Waals surface area contributed by atoms with Gasteiger partial charge in [-0.2, -0.15) is 0 Å². The van der Waals surface area contributed by atoms with Gasteiger partial charge in [-0.05, 0) is 32.2 Å². The van der Waals surface area contributed by atoms with Crippen molar-refractivity contribution in [3.63, 3.8) is 0 Å². The Balaban J connectivity index is 2.34. The van der Waals surface area contributed by atoms with Gasteiger partial charge >= 0.3 is 0 Å². The van der Waals surface area contributed by atoms with E-state index in [1.165, 1.54) is 0 Å². The van der Waals surface area contributed by atoms with Gasteiger partial charge in [0.1, 0.15) is 0 Å². The number of oxime groups is 1. The third-order valence-corrected chi connectivity index (χ3v) is 4.14. The fraction of sp³-hybridized carbons (Fsp3) is 0.462. The van der Waals surface area contributed by atoms with Gasteiger partial charge in [0, 0.05) is 41.4 Å². The maximum Gasteiger partial charge on any atom is 0.172 e. The van der Waals surface area contributed by atoms with Crippen LogP contribution in [0.15, 0.2) is 27.8 Å². The summed E-state index contributed by atoms with van der Waals surface area (Å²) in [5.74, 6) is 0.142. The molecule has 6 heteroatoms. The van der Waals surface area contributed by atoms with Crippen LogP contribution in [0, 0.1) is 0 Å². The maximum atomic E-state index is 8.92. The predicted octanol–water partition coefficient (Wildman–Crippen LogP) is 1.68. The average molecular weight is 327 g/mol. The third-order valence-electron chi connectivity index (χ3n) is 3.64. The Morgan fingerprint density at radius 3 is 2.84 bits per heavy atom. The van der Waals surface area contributed by atoms with Crippen molar-refractivity contribution in [2.24, 2.45) is 10.9 Å². The molecule has 0 spiro atoms. The molecule has 0 amide bonds. The average Bonchev–Trinajstić information content (AvgIpc) is 2.41. The van der Waals surface area contributed by atoms with Gasteiger partial charge in [0.25, 0.3) is 0 Å². The number of hydrogen-bond donors (Lipinski definition) is 2. The standard InChI is InChI=1S/C13H19BrN4O/c1-9-8-18(6-5-17(9)2)12-4-3-10(14)7-11(12)13(15)16-19/h3-4,7,9,19H,5-6,8H2,1-2H3,(H2,15,16). The fourth-order valence-corrected chi connectivity index (χ4v) is 2.67. The number of nitrogens with zero attached hydrogens (tertiary/aromatic N) is 3. The minimum Gasteiger partial charge on any atom is -0.409 e. The molecule has 1 aromatic rings. The highest BCUT2D eigenvalue weighted by molar-refractivity contribution is 9.10. The molecule has 1 aliphatic rings. The number of anilines is 1. The van der Waals surface area contributed by atoms with Crippen LogP contribution in [0.25, 0.3) is 0 Å². The number of rotatable bonds is 2. The van der Waals surface area contributed by atoms with Crippen LogP contribution in [0.2, 0.25) is 0 Å².